The SMILES string of the molecule is CC(NC1CCCCC1C)c1ccc2c(c1)OCCCO2. The zero-order chi connectivity index (χ0) is 14.7. The zero-order valence-electron chi connectivity index (χ0n) is 13.2. The van der Waals surface area contributed by atoms with E-state index in [-0.39, 0.29) is 0 Å². The predicted molar refractivity (Wildman–Crippen MR) is 85.0 cm³/mol. The summed E-state index contributed by atoms with van der Waals surface area (Å²) in [6.07, 6.45) is 6.35. The van der Waals surface area contributed by atoms with Crippen LogP contribution in [-0.2, 0) is 0 Å². The summed E-state index contributed by atoms with van der Waals surface area (Å²) < 4.78 is 11.5. The Balaban J connectivity index is 1.69. The van der Waals surface area contributed by atoms with Crippen LogP contribution in [0.15, 0.2) is 18.2 Å². The van der Waals surface area contributed by atoms with Gasteiger partial charge in [-0.2, -0.15) is 0 Å². The Morgan fingerprint density at radius 1 is 1.05 bits per heavy atom. The van der Waals surface area contributed by atoms with Crippen LogP contribution in [0.2, 0.25) is 0 Å². The second-order valence-corrected chi connectivity index (χ2v) is 6.51. The van der Waals surface area contributed by atoms with Crippen molar-refractivity contribution in [3.8, 4) is 11.5 Å². The summed E-state index contributed by atoms with van der Waals surface area (Å²) in [4.78, 5) is 0. The van der Waals surface area contributed by atoms with E-state index in [9.17, 15) is 0 Å². The van der Waals surface area contributed by atoms with E-state index < -0.39 is 0 Å². The third-order valence-corrected chi connectivity index (χ3v) is 4.85. The van der Waals surface area contributed by atoms with Crippen LogP contribution >= 0.6 is 0 Å². The fourth-order valence-corrected chi connectivity index (χ4v) is 3.43. The van der Waals surface area contributed by atoms with E-state index >= 15 is 0 Å². The fraction of sp³-hybridized carbons (Fsp3) is 0.667. The maximum atomic E-state index is 5.80. The molecule has 1 N–H and O–H groups in total. The lowest BCUT2D eigenvalue weighted by Gasteiger charge is -2.32. The van der Waals surface area contributed by atoms with Gasteiger partial charge in [0.2, 0.25) is 0 Å². The largest absolute Gasteiger partial charge is 0.490 e. The molecule has 3 atom stereocenters. The van der Waals surface area contributed by atoms with Gasteiger partial charge in [0.15, 0.2) is 11.5 Å². The van der Waals surface area contributed by atoms with Crippen molar-refractivity contribution in [2.45, 2.75) is 58.0 Å². The van der Waals surface area contributed by atoms with E-state index in [0.717, 1.165) is 37.1 Å². The quantitative estimate of drug-likeness (QED) is 0.909. The molecule has 1 aromatic carbocycles. The van der Waals surface area contributed by atoms with Crippen LogP contribution in [-0.4, -0.2) is 19.3 Å². The minimum absolute atomic E-state index is 0.354. The highest BCUT2D eigenvalue weighted by molar-refractivity contribution is 5.44. The van der Waals surface area contributed by atoms with Gasteiger partial charge in [0.05, 0.1) is 13.2 Å². The van der Waals surface area contributed by atoms with Gasteiger partial charge >= 0.3 is 0 Å². The molecule has 116 valence electrons. The Morgan fingerprint density at radius 3 is 2.62 bits per heavy atom. The standard InChI is InChI=1S/C18H27NO2/c1-13-6-3-4-7-16(13)19-14(2)15-8-9-17-18(12-15)21-11-5-10-20-17/h8-9,12-14,16,19H,3-7,10-11H2,1-2H3. The minimum Gasteiger partial charge on any atom is -0.490 e. The molecule has 0 bridgehead atoms. The monoisotopic (exact) mass is 289 g/mol. The van der Waals surface area contributed by atoms with Crippen molar-refractivity contribution >= 4 is 0 Å². The number of ether oxygens (including phenoxy) is 2. The summed E-state index contributed by atoms with van der Waals surface area (Å²) in [6, 6.07) is 7.36. The molecule has 0 saturated heterocycles. The van der Waals surface area contributed by atoms with Crippen LogP contribution < -0.4 is 14.8 Å². The number of nitrogens with one attached hydrogen (secondary N) is 1. The van der Waals surface area contributed by atoms with Crippen molar-refractivity contribution in [2.75, 3.05) is 13.2 Å². The number of hydrogen-bond acceptors (Lipinski definition) is 3. The summed E-state index contributed by atoms with van der Waals surface area (Å²) >= 11 is 0. The van der Waals surface area contributed by atoms with Gasteiger partial charge < -0.3 is 14.8 Å². The first-order valence-electron chi connectivity index (χ1n) is 8.39. The smallest absolute Gasteiger partial charge is 0.161 e. The Labute approximate surface area is 128 Å². The lowest BCUT2D eigenvalue weighted by Crippen LogP contribution is -2.38. The second-order valence-electron chi connectivity index (χ2n) is 6.51. The second kappa shape index (κ2) is 6.69. The highest BCUT2D eigenvalue weighted by atomic mass is 16.5. The number of benzene rings is 1. The van der Waals surface area contributed by atoms with Crippen molar-refractivity contribution in [3.63, 3.8) is 0 Å². The van der Waals surface area contributed by atoms with Crippen molar-refractivity contribution in [1.29, 1.82) is 0 Å². The van der Waals surface area contributed by atoms with Gasteiger partial charge in [0, 0.05) is 18.5 Å². The van der Waals surface area contributed by atoms with Gasteiger partial charge in [0.25, 0.3) is 0 Å². The maximum Gasteiger partial charge on any atom is 0.161 e. The topological polar surface area (TPSA) is 30.5 Å². The van der Waals surface area contributed by atoms with Crippen LogP contribution in [0.3, 0.4) is 0 Å². The number of hydrogen-bond donors (Lipinski definition) is 1. The van der Waals surface area contributed by atoms with Gasteiger partial charge in [-0.3, -0.25) is 0 Å². The van der Waals surface area contributed by atoms with E-state index in [1.165, 1.54) is 31.2 Å². The average Bonchev–Trinajstić information content (AvgIpc) is 2.74. The molecule has 3 nitrogen and oxygen atoms in total. The predicted octanol–water partition coefficient (Wildman–Crippen LogP) is 4.08. The zero-order valence-corrected chi connectivity index (χ0v) is 13.2. The first-order valence-corrected chi connectivity index (χ1v) is 8.39. The van der Waals surface area contributed by atoms with Crippen LogP contribution in [0.5, 0.6) is 11.5 Å². The van der Waals surface area contributed by atoms with Gasteiger partial charge in [-0.05, 0) is 43.4 Å². The molecule has 3 unspecified atom stereocenters. The third-order valence-electron chi connectivity index (χ3n) is 4.85. The average molecular weight is 289 g/mol. The normalized spacial score (nSPS) is 27.0. The molecule has 1 aliphatic heterocycles. The summed E-state index contributed by atoms with van der Waals surface area (Å²) in [5.41, 5.74) is 1.29. The summed E-state index contributed by atoms with van der Waals surface area (Å²) in [5, 5.41) is 3.81. The first kappa shape index (κ1) is 14.7. The summed E-state index contributed by atoms with van der Waals surface area (Å²) in [5.74, 6) is 2.56. The molecule has 0 radical (unpaired) electrons. The van der Waals surface area contributed by atoms with Crippen LogP contribution in [0.1, 0.15) is 57.6 Å². The Bertz CT molecular complexity index is 474. The third kappa shape index (κ3) is 3.52. The van der Waals surface area contributed by atoms with Gasteiger partial charge in [-0.1, -0.05) is 25.8 Å². The minimum atomic E-state index is 0.354. The molecule has 3 rings (SSSR count). The molecule has 1 aromatic rings. The molecule has 3 heteroatoms. The van der Waals surface area contributed by atoms with E-state index in [0.29, 0.717) is 12.1 Å². The molecule has 1 heterocycles. The van der Waals surface area contributed by atoms with Crippen molar-refractivity contribution in [2.24, 2.45) is 5.92 Å². The molecule has 0 aromatic heterocycles. The van der Waals surface area contributed by atoms with E-state index in [2.05, 4.69) is 37.4 Å². The lowest BCUT2D eigenvalue weighted by atomic mass is 9.85. The van der Waals surface area contributed by atoms with Crippen molar-refractivity contribution < 1.29 is 9.47 Å². The maximum absolute atomic E-state index is 5.80. The van der Waals surface area contributed by atoms with Crippen LogP contribution in [0.4, 0.5) is 0 Å². The molecular formula is C18H27NO2. The Kier molecular flexibility index (Phi) is 4.69. The molecule has 1 aliphatic carbocycles. The van der Waals surface area contributed by atoms with Crippen molar-refractivity contribution in [1.82, 2.24) is 5.32 Å². The Hall–Kier alpha value is -1.22. The highest BCUT2D eigenvalue weighted by Crippen LogP contribution is 2.33. The summed E-state index contributed by atoms with van der Waals surface area (Å²) in [7, 11) is 0. The number of fused-ring (bicyclic) bond motifs is 1. The molecule has 0 amide bonds. The van der Waals surface area contributed by atoms with Gasteiger partial charge in [-0.25, -0.2) is 0 Å². The molecule has 1 saturated carbocycles. The van der Waals surface area contributed by atoms with Crippen LogP contribution in [0, 0.1) is 5.92 Å². The van der Waals surface area contributed by atoms with Gasteiger partial charge in [-0.15, -0.1) is 0 Å². The van der Waals surface area contributed by atoms with E-state index in [4.69, 9.17) is 9.47 Å². The highest BCUT2D eigenvalue weighted by Gasteiger charge is 2.23. The first-order chi connectivity index (χ1) is 10.2. The van der Waals surface area contributed by atoms with E-state index in [1.54, 1.807) is 0 Å². The summed E-state index contributed by atoms with van der Waals surface area (Å²) in [6.45, 7) is 6.12. The molecule has 1 fully saturated rings. The van der Waals surface area contributed by atoms with E-state index in [1.807, 2.05) is 0 Å². The molecule has 0 spiro atoms. The molecule has 21 heavy (non-hydrogen) atoms. The lowest BCUT2D eigenvalue weighted by molar-refractivity contribution is 0.263. The van der Waals surface area contributed by atoms with Crippen molar-refractivity contribution in [3.05, 3.63) is 23.8 Å². The molecule has 2 aliphatic rings. The van der Waals surface area contributed by atoms with Crippen LogP contribution in [0.25, 0.3) is 0 Å². The Morgan fingerprint density at radius 2 is 1.81 bits per heavy atom. The van der Waals surface area contributed by atoms with Gasteiger partial charge in [0.1, 0.15) is 0 Å². The fourth-order valence-electron chi connectivity index (χ4n) is 3.43. The molecular weight excluding hydrogens is 262 g/mol. The number of rotatable bonds is 3.